The average Bonchev–Trinajstić information content (AvgIpc) is 2.78. The largest absolute Gasteiger partial charge is 0.460 e. The van der Waals surface area contributed by atoms with Crippen molar-refractivity contribution in [2.24, 2.45) is 0 Å². The molecule has 0 saturated carbocycles. The Labute approximate surface area is 192 Å². The molecule has 170 valence electrons. The van der Waals surface area contributed by atoms with Gasteiger partial charge in [0.1, 0.15) is 0 Å². The van der Waals surface area contributed by atoms with Gasteiger partial charge < -0.3 is 10.1 Å². The first-order chi connectivity index (χ1) is 15.8. The summed E-state index contributed by atoms with van der Waals surface area (Å²) >= 11 is 0. The van der Waals surface area contributed by atoms with E-state index in [0.717, 1.165) is 11.3 Å². The van der Waals surface area contributed by atoms with E-state index >= 15 is 0 Å². The van der Waals surface area contributed by atoms with Crippen LogP contribution in [0.15, 0.2) is 77.1 Å². The molecular formula is C26H26N2O5. The van der Waals surface area contributed by atoms with Crippen LogP contribution in [0.5, 0.6) is 0 Å². The summed E-state index contributed by atoms with van der Waals surface area (Å²) < 4.78 is 5.49. The number of nitrogens with zero attached hydrogens (tertiary/aromatic N) is 1. The van der Waals surface area contributed by atoms with E-state index in [1.165, 1.54) is 12.1 Å². The van der Waals surface area contributed by atoms with Gasteiger partial charge in [0.2, 0.25) is 0 Å². The van der Waals surface area contributed by atoms with Crippen LogP contribution in [0.3, 0.4) is 0 Å². The molecule has 7 nitrogen and oxygen atoms in total. The number of nitrogens with one attached hydrogen (secondary N) is 1. The van der Waals surface area contributed by atoms with Gasteiger partial charge in [-0.15, -0.1) is 0 Å². The molecule has 4 rings (SSSR count). The van der Waals surface area contributed by atoms with E-state index in [4.69, 9.17) is 4.74 Å². The molecular weight excluding hydrogens is 420 g/mol. The number of carbonyl (C=O) groups excluding carboxylic acids is 2. The van der Waals surface area contributed by atoms with Gasteiger partial charge in [-0.3, -0.25) is 14.9 Å². The number of nitro benzene ring substituents is 1. The van der Waals surface area contributed by atoms with E-state index < -0.39 is 16.8 Å². The Kier molecular flexibility index (Phi) is 6.14. The molecule has 1 N–H and O–H groups in total. The zero-order valence-corrected chi connectivity index (χ0v) is 18.8. The van der Waals surface area contributed by atoms with Gasteiger partial charge in [-0.25, -0.2) is 4.79 Å². The number of non-ortho nitro benzene ring substituents is 1. The van der Waals surface area contributed by atoms with Crippen LogP contribution >= 0.6 is 0 Å². The monoisotopic (exact) mass is 446 g/mol. The second-order valence-electron chi connectivity index (χ2n) is 8.73. The molecule has 2 aromatic rings. The normalized spacial score (nSPS) is 20.4. The maximum atomic E-state index is 13.5. The molecule has 2 aliphatic rings. The Morgan fingerprint density at radius 1 is 1.09 bits per heavy atom. The third kappa shape index (κ3) is 4.44. The first kappa shape index (κ1) is 22.5. The minimum atomic E-state index is -0.725. The minimum absolute atomic E-state index is 0.0210. The van der Waals surface area contributed by atoms with Gasteiger partial charge in [-0.05, 0) is 44.2 Å². The smallest absolute Gasteiger partial charge is 0.337 e. The van der Waals surface area contributed by atoms with E-state index in [1.807, 2.05) is 30.3 Å². The number of esters is 1. The highest BCUT2D eigenvalue weighted by Crippen LogP contribution is 2.46. The minimum Gasteiger partial charge on any atom is -0.460 e. The third-order valence-corrected chi connectivity index (χ3v) is 6.08. The lowest BCUT2D eigenvalue weighted by Crippen LogP contribution is -2.36. The molecule has 1 aliphatic heterocycles. The molecule has 33 heavy (non-hydrogen) atoms. The van der Waals surface area contributed by atoms with Crippen LogP contribution in [0.4, 0.5) is 5.69 Å². The molecule has 1 aliphatic carbocycles. The number of benzene rings is 2. The predicted octanol–water partition coefficient (Wildman–Crippen LogP) is 4.91. The first-order valence-electron chi connectivity index (χ1n) is 11.0. The Morgan fingerprint density at radius 2 is 1.79 bits per heavy atom. The van der Waals surface area contributed by atoms with Gasteiger partial charge in [-0.2, -0.15) is 0 Å². The van der Waals surface area contributed by atoms with Crippen molar-refractivity contribution in [3.8, 4) is 0 Å². The molecule has 2 atom stereocenters. The Bertz CT molecular complexity index is 1180. The molecule has 0 bridgehead atoms. The fourth-order valence-electron chi connectivity index (χ4n) is 4.70. The van der Waals surface area contributed by atoms with Crippen molar-refractivity contribution in [1.29, 1.82) is 0 Å². The van der Waals surface area contributed by atoms with Crippen molar-refractivity contribution >= 4 is 17.4 Å². The standard InChI is InChI=1S/C26H26N2O5/c1-15(2)33-26(30)23-16(3)27-21-13-19(17-8-5-4-6-9-17)14-22(29)25(21)24(23)18-10-7-11-20(12-18)28(31)32/h4-12,15,19,24,27H,13-14H2,1-3H3. The summed E-state index contributed by atoms with van der Waals surface area (Å²) in [5, 5.41) is 14.7. The molecule has 0 radical (unpaired) electrons. The van der Waals surface area contributed by atoms with Crippen LogP contribution in [-0.4, -0.2) is 22.8 Å². The second-order valence-corrected chi connectivity index (χ2v) is 8.73. The van der Waals surface area contributed by atoms with Crippen LogP contribution in [0.25, 0.3) is 0 Å². The van der Waals surface area contributed by atoms with Crippen molar-refractivity contribution < 1.29 is 19.2 Å². The lowest BCUT2D eigenvalue weighted by atomic mass is 9.71. The molecule has 0 spiro atoms. The molecule has 7 heteroatoms. The van der Waals surface area contributed by atoms with Crippen molar-refractivity contribution in [3.63, 3.8) is 0 Å². The Morgan fingerprint density at radius 3 is 2.45 bits per heavy atom. The zero-order chi connectivity index (χ0) is 23.7. The fraction of sp³-hybridized carbons (Fsp3) is 0.308. The van der Waals surface area contributed by atoms with Crippen LogP contribution in [0, 0.1) is 10.1 Å². The van der Waals surface area contributed by atoms with E-state index in [-0.39, 0.29) is 23.5 Å². The lowest BCUT2D eigenvalue weighted by molar-refractivity contribution is -0.384. The van der Waals surface area contributed by atoms with Crippen molar-refractivity contribution in [1.82, 2.24) is 5.32 Å². The first-order valence-corrected chi connectivity index (χ1v) is 11.0. The molecule has 1 heterocycles. The Balaban J connectivity index is 1.83. The average molecular weight is 447 g/mol. The van der Waals surface area contributed by atoms with Crippen LogP contribution in [-0.2, 0) is 14.3 Å². The van der Waals surface area contributed by atoms with E-state index in [9.17, 15) is 19.7 Å². The maximum absolute atomic E-state index is 13.5. The highest BCUT2D eigenvalue weighted by atomic mass is 16.6. The Hall–Kier alpha value is -3.74. The summed E-state index contributed by atoms with van der Waals surface area (Å²) in [6.07, 6.45) is 0.574. The summed E-state index contributed by atoms with van der Waals surface area (Å²) in [7, 11) is 0. The molecule has 0 fully saturated rings. The van der Waals surface area contributed by atoms with Crippen LogP contribution < -0.4 is 5.32 Å². The number of dihydropyridines is 1. The van der Waals surface area contributed by atoms with Gasteiger partial charge in [0.15, 0.2) is 5.78 Å². The molecule has 0 aromatic heterocycles. The number of ketones is 1. The van der Waals surface area contributed by atoms with Gasteiger partial charge >= 0.3 is 5.97 Å². The summed E-state index contributed by atoms with van der Waals surface area (Å²) in [5.41, 5.74) is 3.68. The third-order valence-electron chi connectivity index (χ3n) is 6.08. The molecule has 2 unspecified atom stereocenters. The number of hydrogen-bond donors (Lipinski definition) is 1. The van der Waals surface area contributed by atoms with Crippen LogP contribution in [0.2, 0.25) is 0 Å². The van der Waals surface area contributed by atoms with E-state index in [1.54, 1.807) is 32.9 Å². The van der Waals surface area contributed by atoms with Crippen molar-refractivity contribution in [3.05, 3.63) is 98.4 Å². The van der Waals surface area contributed by atoms with Gasteiger partial charge in [0, 0.05) is 41.4 Å². The van der Waals surface area contributed by atoms with E-state index in [2.05, 4.69) is 5.32 Å². The number of allylic oxidation sites excluding steroid dienone is 3. The SMILES string of the molecule is CC1=C(C(=O)OC(C)C)C(c2cccc([N+](=O)[O-])c2)C2=C(CC(c3ccccc3)CC2=O)N1. The topological polar surface area (TPSA) is 98.5 Å². The molecule has 0 saturated heterocycles. The number of nitro groups is 1. The highest BCUT2D eigenvalue weighted by molar-refractivity contribution is 6.04. The lowest BCUT2D eigenvalue weighted by Gasteiger charge is -2.36. The summed E-state index contributed by atoms with van der Waals surface area (Å²) in [6, 6.07) is 16.0. The fourth-order valence-corrected chi connectivity index (χ4v) is 4.70. The number of ether oxygens (including phenoxy) is 1. The summed E-state index contributed by atoms with van der Waals surface area (Å²) in [5.74, 6) is -1.31. The number of Topliss-reactive ketones (excluding diaryl/α,β-unsaturated/α-hetero) is 1. The van der Waals surface area contributed by atoms with Gasteiger partial charge in [-0.1, -0.05) is 42.5 Å². The van der Waals surface area contributed by atoms with Gasteiger partial charge in [0.05, 0.1) is 16.6 Å². The summed E-state index contributed by atoms with van der Waals surface area (Å²) in [6.45, 7) is 5.29. The number of rotatable bonds is 5. The second kappa shape index (κ2) is 9.02. The predicted molar refractivity (Wildman–Crippen MR) is 123 cm³/mol. The molecule has 2 aromatic carbocycles. The van der Waals surface area contributed by atoms with Crippen molar-refractivity contribution in [2.45, 2.75) is 51.6 Å². The van der Waals surface area contributed by atoms with Crippen LogP contribution in [0.1, 0.15) is 56.6 Å². The van der Waals surface area contributed by atoms with Crippen molar-refractivity contribution in [2.75, 3.05) is 0 Å². The summed E-state index contributed by atoms with van der Waals surface area (Å²) in [4.78, 5) is 37.5. The highest BCUT2D eigenvalue weighted by Gasteiger charge is 2.41. The van der Waals surface area contributed by atoms with Gasteiger partial charge in [0.25, 0.3) is 5.69 Å². The van der Waals surface area contributed by atoms with E-state index in [0.29, 0.717) is 35.2 Å². The number of hydrogen-bond acceptors (Lipinski definition) is 6. The maximum Gasteiger partial charge on any atom is 0.337 e. The quantitative estimate of drug-likeness (QED) is 0.398. The molecule has 0 amide bonds. The zero-order valence-electron chi connectivity index (χ0n) is 18.8. The number of carbonyl (C=O) groups is 2.